The van der Waals surface area contributed by atoms with Crippen LogP contribution in [-0.2, 0) is 25.8 Å². The van der Waals surface area contributed by atoms with E-state index < -0.39 is 0 Å². The van der Waals surface area contributed by atoms with Crippen molar-refractivity contribution in [2.24, 2.45) is 0 Å². The van der Waals surface area contributed by atoms with E-state index in [1.807, 2.05) is 0 Å². The van der Waals surface area contributed by atoms with Gasteiger partial charge in [0.2, 0.25) is 0 Å². The Bertz CT molecular complexity index is 24.8. The first-order valence-electron chi connectivity index (χ1n) is 0. The Hall–Kier alpha value is 11.2. The fourth-order valence-electron chi connectivity index (χ4n) is 0. The Morgan fingerprint density at radius 3 is 0.429 bits per heavy atom. The molecule has 0 fully saturated rings. The van der Waals surface area contributed by atoms with E-state index in [4.69, 9.17) is 0 Å². The molecule has 0 atom stereocenters. The number of hydrogen-bond acceptors (Lipinski definition) is 0. The molecule has 0 aromatic carbocycles. The van der Waals surface area contributed by atoms with Crippen LogP contribution in [0.3, 0.4) is 0 Å². The van der Waals surface area contributed by atoms with Gasteiger partial charge in [0.25, 0.3) is 0 Å². The molecule has 0 aliphatic carbocycles. The van der Waals surface area contributed by atoms with Gasteiger partial charge in [-0.15, -0.1) is 0 Å². The first-order chi connectivity index (χ1) is 0. The molecule has 0 aliphatic heterocycles. The van der Waals surface area contributed by atoms with Gasteiger partial charge in [0.1, 0.15) is 0 Å². The van der Waals surface area contributed by atoms with Crippen molar-refractivity contribution in [3.63, 3.8) is 0 Å². The van der Waals surface area contributed by atoms with E-state index in [9.17, 15) is 0 Å². The molecule has 0 amide bonds. The van der Waals surface area contributed by atoms with Gasteiger partial charge >= 0.3 is 138 Å². The molecule has 0 aromatic heterocycles. The van der Waals surface area contributed by atoms with Crippen LogP contribution in [0.15, 0.2) is 0 Å². The SMILES string of the molecule is [I-].[I-].[I-].[I-].[I-].[I-].[I-].[I-].[I-].[Li+].[Na+].[Sc+3].[Tl+].[Tm+3]. The number of rotatable bonds is 0. The minimum absolute atomic E-state index is 0. The summed E-state index contributed by atoms with van der Waals surface area (Å²) >= 11 is 0. The second-order valence-corrected chi connectivity index (χ2v) is 0. The Kier molecular flexibility index (Phi) is 873. The molecule has 0 unspecified atom stereocenters. The van der Waals surface area contributed by atoms with Crippen LogP contribution in [-0.4, -0.2) is 27.3 Å². The molecule has 0 bridgehead atoms. The van der Waals surface area contributed by atoms with Crippen molar-refractivity contribution < 1.29 is 327 Å². The zero-order chi connectivity index (χ0) is 0. The van der Waals surface area contributed by atoms with E-state index in [1.54, 1.807) is 0 Å². The van der Waals surface area contributed by atoms with Crippen molar-refractivity contribution in [3.05, 3.63) is 0 Å². The van der Waals surface area contributed by atoms with Gasteiger partial charge in [-0.2, -0.15) is 0 Å². The van der Waals surface area contributed by atoms with Gasteiger partial charge in [-0.05, 0) is 0 Å². The van der Waals surface area contributed by atoms with Crippen molar-refractivity contribution in [2.45, 2.75) is 0 Å². The van der Waals surface area contributed by atoms with Gasteiger partial charge in [0, 0.05) is 0 Å². The summed E-state index contributed by atoms with van der Waals surface area (Å²) in [5, 5.41) is 0. The molecule has 0 radical (unpaired) electrons. The summed E-state index contributed by atoms with van der Waals surface area (Å²) in [7, 11) is 0. The topological polar surface area (TPSA) is 0 Å². The molecule has 0 saturated heterocycles. The van der Waals surface area contributed by atoms with Crippen LogP contribution in [0.5, 0.6) is 0 Å². The number of hydrogen-bond donors (Lipinski definition) is 0. The monoisotopic (exact) mass is 1590 g/mol. The first-order valence-corrected chi connectivity index (χ1v) is 0. The Labute approximate surface area is 343 Å². The Balaban J connectivity index is 0. The smallest absolute Gasteiger partial charge is 1.00 e. The van der Waals surface area contributed by atoms with E-state index >= 15 is 0 Å². The van der Waals surface area contributed by atoms with Crippen molar-refractivity contribution in [1.29, 1.82) is 0 Å². The maximum absolute atomic E-state index is 0. The van der Waals surface area contributed by atoms with Crippen LogP contribution in [0.4, 0.5) is 0 Å². The maximum Gasteiger partial charge on any atom is 3.00 e. The molecule has 0 heterocycles. The third kappa shape index (κ3) is 91.2. The van der Waals surface area contributed by atoms with Gasteiger partial charge in [-0.3, -0.25) is 0 Å². The first kappa shape index (κ1) is 118. The molecule has 14 heteroatoms. The minimum Gasteiger partial charge on any atom is -1.00 e. The second kappa shape index (κ2) is 104. The molecular formula is I9LiNaScTlTm. The van der Waals surface area contributed by atoms with Crippen molar-refractivity contribution >= 4 is 27.3 Å². The summed E-state index contributed by atoms with van der Waals surface area (Å²) in [6.07, 6.45) is 0. The molecule has 0 spiro atoms. The zero-order valence-corrected chi connectivity index (χ0v) is 36.3. The maximum atomic E-state index is 0. The van der Waals surface area contributed by atoms with E-state index in [-0.39, 0.29) is 354 Å². The third-order valence-electron chi connectivity index (χ3n) is 0. The van der Waals surface area contributed by atoms with Crippen molar-refractivity contribution in [3.8, 4) is 0 Å². The van der Waals surface area contributed by atoms with Gasteiger partial charge in [-0.1, -0.05) is 0 Å². The molecule has 14 heavy (non-hydrogen) atoms. The quantitative estimate of drug-likeness (QED) is 0.168. The summed E-state index contributed by atoms with van der Waals surface area (Å²) in [5.74, 6) is 0. The summed E-state index contributed by atoms with van der Waals surface area (Å²) < 4.78 is 0. The normalized spacial score (nSPS) is 0. The van der Waals surface area contributed by atoms with Gasteiger partial charge in [-0.25, -0.2) is 0 Å². The summed E-state index contributed by atoms with van der Waals surface area (Å²) in [6, 6.07) is 0. The van der Waals surface area contributed by atoms with Gasteiger partial charge < -0.3 is 216 Å². The molecule has 0 saturated carbocycles. The number of halogens is 9. The molecule has 0 nitrogen and oxygen atoms in total. The molecular weight excluding hydrogens is 1590 g/mol. The third-order valence-corrected chi connectivity index (χ3v) is 0. The van der Waals surface area contributed by atoms with Crippen LogP contribution in [0.1, 0.15) is 0 Å². The van der Waals surface area contributed by atoms with E-state index in [1.165, 1.54) is 0 Å². The molecule has 0 aromatic rings. The van der Waals surface area contributed by atoms with Crippen LogP contribution in [0, 0.1) is 36.9 Å². The summed E-state index contributed by atoms with van der Waals surface area (Å²) in [4.78, 5) is 0. The minimum atomic E-state index is 0. The summed E-state index contributed by atoms with van der Waals surface area (Å²) in [5.41, 5.74) is 0. The van der Waals surface area contributed by atoms with E-state index in [0.717, 1.165) is 0 Å². The summed E-state index contributed by atoms with van der Waals surface area (Å²) in [6.45, 7) is 0. The van der Waals surface area contributed by atoms with Crippen molar-refractivity contribution in [2.75, 3.05) is 0 Å². The standard InChI is InChI=1S/9HI.Li.Na.Sc.Tl.Tm/h9*1H;;;;;/q;;;;;;;;;2*+1;+3;+1;+3/p-9. The van der Waals surface area contributed by atoms with Crippen LogP contribution >= 0.6 is 0 Å². The van der Waals surface area contributed by atoms with Crippen molar-refractivity contribution in [1.82, 2.24) is 0 Å². The Morgan fingerprint density at radius 1 is 0.429 bits per heavy atom. The van der Waals surface area contributed by atoms with E-state index in [0.29, 0.717) is 0 Å². The van der Waals surface area contributed by atoms with Crippen LogP contribution in [0.2, 0.25) is 0 Å². The van der Waals surface area contributed by atoms with Gasteiger partial charge in [0.05, 0.1) is 0 Å². The van der Waals surface area contributed by atoms with Gasteiger partial charge in [0.15, 0.2) is 0 Å². The average molecular weight is 1590 g/mol. The predicted molar refractivity (Wildman–Crippen MR) is 5.75 cm³/mol. The molecule has 0 N–H and O–H groups in total. The molecule has 0 rings (SSSR count). The van der Waals surface area contributed by atoms with E-state index in [2.05, 4.69) is 0 Å². The Morgan fingerprint density at radius 2 is 0.429 bits per heavy atom. The fraction of sp³-hybridized carbons (Fsp3) is 0. The largest absolute Gasteiger partial charge is 3.00 e. The predicted octanol–water partition coefficient (Wildman–Crippen LogP) is -33.3. The molecule has 84 valence electrons. The van der Waals surface area contributed by atoms with Crippen LogP contribution in [0.25, 0.3) is 0 Å². The second-order valence-electron chi connectivity index (χ2n) is 0. The average Bonchev–Trinajstić information content (AvgIpc) is 0. The van der Waals surface area contributed by atoms with Crippen LogP contribution < -0.4 is 264 Å². The fourth-order valence-corrected chi connectivity index (χ4v) is 0. The zero-order valence-electron chi connectivity index (χ0n) is 6.83. The molecule has 0 aliphatic rings.